The average molecular weight is 331 g/mol. The van der Waals surface area contributed by atoms with Gasteiger partial charge in [0.25, 0.3) is 0 Å². The Labute approximate surface area is 150 Å². The van der Waals surface area contributed by atoms with Crippen molar-refractivity contribution in [1.29, 1.82) is 0 Å². The lowest BCUT2D eigenvalue weighted by molar-refractivity contribution is 1.02. The minimum atomic E-state index is 0.619. The van der Waals surface area contributed by atoms with Gasteiger partial charge in [-0.1, -0.05) is 25.3 Å². The summed E-state index contributed by atoms with van der Waals surface area (Å²) in [7, 11) is 1.81. The molecule has 0 unspecified atom stereocenters. The van der Waals surface area contributed by atoms with Gasteiger partial charge < -0.3 is 5.32 Å². The molecule has 3 heteroatoms. The van der Waals surface area contributed by atoms with Crippen LogP contribution in [0, 0.1) is 12.8 Å². The van der Waals surface area contributed by atoms with Gasteiger partial charge in [0.1, 0.15) is 0 Å². The highest BCUT2D eigenvalue weighted by molar-refractivity contribution is 6.13. The van der Waals surface area contributed by atoms with E-state index < -0.39 is 0 Å². The van der Waals surface area contributed by atoms with Gasteiger partial charge in [-0.05, 0) is 61.4 Å². The molecule has 1 aliphatic carbocycles. The predicted octanol–water partition coefficient (Wildman–Crippen LogP) is 5.39. The molecular formula is C22H25N3. The fraction of sp³-hybridized carbons (Fsp3) is 0.273. The minimum Gasteiger partial charge on any atom is -0.358 e. The molecule has 1 heterocycles. The first-order chi connectivity index (χ1) is 12.0. The zero-order valence-corrected chi connectivity index (χ0v) is 15.3. The van der Waals surface area contributed by atoms with Crippen LogP contribution in [-0.2, 0) is 0 Å². The SMILES string of the molecule is C=C(C)C(=NC)c1cc(-c2cncc(NC(=C)C3CC3)c2)ccc1C. The number of anilines is 1. The number of hydrogen-bond acceptors (Lipinski definition) is 3. The van der Waals surface area contributed by atoms with Crippen molar-refractivity contribution < 1.29 is 0 Å². The molecule has 0 amide bonds. The summed E-state index contributed by atoms with van der Waals surface area (Å²) < 4.78 is 0. The summed E-state index contributed by atoms with van der Waals surface area (Å²) in [5.41, 5.74) is 8.50. The van der Waals surface area contributed by atoms with E-state index >= 15 is 0 Å². The monoisotopic (exact) mass is 331 g/mol. The molecule has 1 saturated carbocycles. The molecular weight excluding hydrogens is 306 g/mol. The Bertz CT molecular complexity index is 857. The maximum atomic E-state index is 4.41. The molecule has 0 atom stereocenters. The minimum absolute atomic E-state index is 0.619. The van der Waals surface area contributed by atoms with E-state index in [1.807, 2.05) is 26.4 Å². The van der Waals surface area contributed by atoms with Gasteiger partial charge in [0.15, 0.2) is 0 Å². The Balaban J connectivity index is 1.94. The summed E-state index contributed by atoms with van der Waals surface area (Å²) in [6.45, 7) is 12.3. The number of aryl methyl sites for hydroxylation is 1. The number of aromatic nitrogens is 1. The number of benzene rings is 1. The summed E-state index contributed by atoms with van der Waals surface area (Å²) in [5, 5.41) is 3.40. The summed E-state index contributed by atoms with van der Waals surface area (Å²) >= 11 is 0. The zero-order valence-electron chi connectivity index (χ0n) is 15.3. The molecule has 1 N–H and O–H groups in total. The standard InChI is InChI=1S/C22H25N3/c1-14(2)22(23-5)21-11-18(7-6-15(21)3)19-10-20(13-24-12-19)25-16(4)17-8-9-17/h6-7,10-13,17,25H,1,4,8-9H2,2-3,5H3. The van der Waals surface area contributed by atoms with Gasteiger partial charge in [-0.15, -0.1) is 0 Å². The van der Waals surface area contributed by atoms with Crippen LogP contribution in [0.2, 0.25) is 0 Å². The van der Waals surface area contributed by atoms with Crippen LogP contribution in [0.5, 0.6) is 0 Å². The molecule has 1 aromatic heterocycles. The third-order valence-electron chi connectivity index (χ3n) is 4.57. The Kier molecular flexibility index (Phi) is 4.84. The molecule has 1 fully saturated rings. The van der Waals surface area contributed by atoms with E-state index in [9.17, 15) is 0 Å². The number of allylic oxidation sites excluding steroid dienone is 2. The summed E-state index contributed by atoms with van der Waals surface area (Å²) in [6.07, 6.45) is 6.21. The van der Waals surface area contributed by atoms with Crippen LogP contribution in [0.1, 0.15) is 30.9 Å². The third kappa shape index (κ3) is 3.87. The van der Waals surface area contributed by atoms with Crippen molar-refractivity contribution in [2.75, 3.05) is 12.4 Å². The molecule has 0 aliphatic heterocycles. The summed E-state index contributed by atoms with van der Waals surface area (Å²) in [4.78, 5) is 8.81. The maximum absolute atomic E-state index is 4.41. The van der Waals surface area contributed by atoms with Gasteiger partial charge in [0, 0.05) is 30.1 Å². The molecule has 1 aromatic carbocycles. The normalized spacial score (nSPS) is 14.3. The van der Waals surface area contributed by atoms with E-state index in [1.165, 1.54) is 18.4 Å². The van der Waals surface area contributed by atoms with Gasteiger partial charge in [0.2, 0.25) is 0 Å². The second-order valence-corrected chi connectivity index (χ2v) is 6.77. The Morgan fingerprint density at radius 3 is 2.56 bits per heavy atom. The van der Waals surface area contributed by atoms with Crippen molar-refractivity contribution in [3.8, 4) is 11.1 Å². The Morgan fingerprint density at radius 2 is 1.92 bits per heavy atom. The van der Waals surface area contributed by atoms with Gasteiger partial charge in [-0.2, -0.15) is 0 Å². The van der Waals surface area contributed by atoms with E-state index in [-0.39, 0.29) is 0 Å². The van der Waals surface area contributed by atoms with E-state index in [2.05, 4.69) is 59.6 Å². The van der Waals surface area contributed by atoms with Gasteiger partial charge in [-0.3, -0.25) is 9.98 Å². The number of rotatable bonds is 6. The number of nitrogens with zero attached hydrogens (tertiary/aromatic N) is 2. The molecule has 128 valence electrons. The van der Waals surface area contributed by atoms with Crippen molar-refractivity contribution >= 4 is 11.4 Å². The van der Waals surface area contributed by atoms with Crippen molar-refractivity contribution in [3.63, 3.8) is 0 Å². The number of pyridine rings is 1. The predicted molar refractivity (Wildman–Crippen MR) is 107 cm³/mol. The van der Waals surface area contributed by atoms with E-state index in [1.54, 1.807) is 0 Å². The number of aliphatic imine (C=N–C) groups is 1. The van der Waals surface area contributed by atoms with E-state index in [0.717, 1.165) is 39.4 Å². The van der Waals surface area contributed by atoms with Gasteiger partial charge in [0.05, 0.1) is 17.6 Å². The highest BCUT2D eigenvalue weighted by atomic mass is 14.9. The van der Waals surface area contributed by atoms with Crippen molar-refractivity contribution in [1.82, 2.24) is 4.98 Å². The molecule has 25 heavy (non-hydrogen) atoms. The third-order valence-corrected chi connectivity index (χ3v) is 4.57. The van der Waals surface area contributed by atoms with E-state index in [0.29, 0.717) is 5.92 Å². The fourth-order valence-corrected chi connectivity index (χ4v) is 2.98. The van der Waals surface area contributed by atoms with Crippen molar-refractivity contribution in [2.45, 2.75) is 26.7 Å². The second-order valence-electron chi connectivity index (χ2n) is 6.77. The highest BCUT2D eigenvalue weighted by Gasteiger charge is 2.24. The van der Waals surface area contributed by atoms with Gasteiger partial charge >= 0.3 is 0 Å². The highest BCUT2D eigenvalue weighted by Crippen LogP contribution is 2.36. The topological polar surface area (TPSA) is 37.3 Å². The molecule has 0 saturated heterocycles. The first-order valence-electron chi connectivity index (χ1n) is 8.64. The number of hydrogen-bond donors (Lipinski definition) is 1. The first kappa shape index (κ1) is 17.2. The molecule has 1 aliphatic rings. The van der Waals surface area contributed by atoms with E-state index in [4.69, 9.17) is 0 Å². The smallest absolute Gasteiger partial charge is 0.0669 e. The molecule has 3 nitrogen and oxygen atoms in total. The van der Waals surface area contributed by atoms with Crippen molar-refractivity contribution in [3.05, 3.63) is 72.2 Å². The van der Waals surface area contributed by atoms with Crippen LogP contribution in [-0.4, -0.2) is 17.7 Å². The van der Waals surface area contributed by atoms with Crippen LogP contribution in [0.3, 0.4) is 0 Å². The average Bonchev–Trinajstić information content (AvgIpc) is 3.42. The van der Waals surface area contributed by atoms with Crippen LogP contribution in [0.25, 0.3) is 11.1 Å². The molecule has 0 spiro atoms. The maximum Gasteiger partial charge on any atom is 0.0669 e. The first-order valence-corrected chi connectivity index (χ1v) is 8.64. The lowest BCUT2D eigenvalue weighted by Crippen LogP contribution is -2.05. The van der Waals surface area contributed by atoms with Crippen LogP contribution >= 0.6 is 0 Å². The van der Waals surface area contributed by atoms with Crippen LogP contribution in [0.4, 0.5) is 5.69 Å². The quantitative estimate of drug-likeness (QED) is 0.721. The van der Waals surface area contributed by atoms with Gasteiger partial charge in [-0.25, -0.2) is 0 Å². The lowest BCUT2D eigenvalue weighted by Gasteiger charge is -2.13. The second kappa shape index (κ2) is 7.06. The Morgan fingerprint density at radius 1 is 1.16 bits per heavy atom. The van der Waals surface area contributed by atoms with Crippen molar-refractivity contribution in [2.24, 2.45) is 10.9 Å². The van der Waals surface area contributed by atoms with Crippen LogP contribution in [0.15, 0.2) is 66.1 Å². The molecule has 0 bridgehead atoms. The molecule has 0 radical (unpaired) electrons. The molecule has 3 rings (SSSR count). The molecule has 2 aromatic rings. The fourth-order valence-electron chi connectivity index (χ4n) is 2.98. The Hall–Kier alpha value is -2.68. The summed E-state index contributed by atoms with van der Waals surface area (Å²) in [5.74, 6) is 0.619. The van der Waals surface area contributed by atoms with Crippen LogP contribution < -0.4 is 5.32 Å². The zero-order chi connectivity index (χ0) is 18.0. The number of nitrogens with one attached hydrogen (secondary N) is 1. The summed E-state index contributed by atoms with van der Waals surface area (Å²) in [6, 6.07) is 8.55. The lowest BCUT2D eigenvalue weighted by atomic mass is 9.95. The largest absolute Gasteiger partial charge is 0.358 e.